The highest BCUT2D eigenvalue weighted by atomic mass is 19.1. The van der Waals surface area contributed by atoms with Gasteiger partial charge < -0.3 is 30.1 Å². The zero-order chi connectivity index (χ0) is 38.0. The number of esters is 1. The summed E-state index contributed by atoms with van der Waals surface area (Å²) < 4.78 is 39.1. The van der Waals surface area contributed by atoms with Crippen molar-refractivity contribution < 1.29 is 47.3 Å². The largest absolute Gasteiger partial charge is 0.484 e. The average Bonchev–Trinajstić information content (AvgIpc) is 3.07. The maximum atomic E-state index is 14.0. The molecule has 14 heteroatoms. The van der Waals surface area contributed by atoms with E-state index in [1.807, 2.05) is 0 Å². The number of carbonyl (C=O) groups excluding carboxylic acids is 4. The summed E-state index contributed by atoms with van der Waals surface area (Å²) in [5.41, 5.74) is 1.18. The molecule has 52 heavy (non-hydrogen) atoms. The van der Waals surface area contributed by atoms with Crippen LogP contribution in [0.2, 0.25) is 0 Å². The SMILES string of the molecule is CN(C(=O)COc1cccc(N(CC(=O)OC(C)(C)C)C(=O)CNC(=O)Nc2cccc(CC(=O)O)c2)c1)c1ccccc1-c1cc(F)cc(F)c1. The van der Waals surface area contributed by atoms with Gasteiger partial charge in [0.15, 0.2) is 6.61 Å². The molecular formula is C38H38F2N4O8. The zero-order valence-electron chi connectivity index (χ0n) is 28.9. The summed E-state index contributed by atoms with van der Waals surface area (Å²) in [6.45, 7) is 3.51. The predicted molar refractivity (Wildman–Crippen MR) is 190 cm³/mol. The van der Waals surface area contributed by atoms with Gasteiger partial charge in [-0.1, -0.05) is 36.4 Å². The number of halogens is 2. The highest BCUT2D eigenvalue weighted by Gasteiger charge is 2.25. The molecule has 0 saturated carbocycles. The molecule has 0 atom stereocenters. The number of likely N-dealkylation sites (N-methyl/N-ethyl adjacent to an activating group) is 1. The fraction of sp³-hybridized carbons (Fsp3) is 0.237. The Morgan fingerprint density at radius 1 is 0.827 bits per heavy atom. The van der Waals surface area contributed by atoms with E-state index in [1.54, 1.807) is 75.4 Å². The number of nitrogens with zero attached hydrogens (tertiary/aromatic N) is 2. The van der Waals surface area contributed by atoms with Gasteiger partial charge in [0.1, 0.15) is 29.5 Å². The summed E-state index contributed by atoms with van der Waals surface area (Å²) in [5.74, 6) is -4.29. The minimum absolute atomic E-state index is 0.175. The van der Waals surface area contributed by atoms with Gasteiger partial charge in [-0.05, 0) is 74.4 Å². The second-order valence-corrected chi connectivity index (χ2v) is 12.6. The predicted octanol–water partition coefficient (Wildman–Crippen LogP) is 5.80. The van der Waals surface area contributed by atoms with Gasteiger partial charge in [0, 0.05) is 36.1 Å². The number of hydrogen-bond donors (Lipinski definition) is 3. The van der Waals surface area contributed by atoms with Crippen molar-refractivity contribution in [2.45, 2.75) is 32.8 Å². The first-order valence-electron chi connectivity index (χ1n) is 16.0. The molecule has 0 unspecified atom stereocenters. The van der Waals surface area contributed by atoms with E-state index in [4.69, 9.17) is 14.6 Å². The van der Waals surface area contributed by atoms with Gasteiger partial charge in [0.2, 0.25) is 5.91 Å². The van der Waals surface area contributed by atoms with Crippen molar-refractivity contribution >= 4 is 46.8 Å². The van der Waals surface area contributed by atoms with Crippen LogP contribution >= 0.6 is 0 Å². The second kappa shape index (κ2) is 17.1. The van der Waals surface area contributed by atoms with Gasteiger partial charge in [0.25, 0.3) is 5.91 Å². The molecule has 0 spiro atoms. The third-order valence-electron chi connectivity index (χ3n) is 7.25. The fourth-order valence-corrected chi connectivity index (χ4v) is 5.02. The number of rotatable bonds is 13. The number of carboxylic acid groups (broad SMARTS) is 1. The molecule has 0 aliphatic carbocycles. The minimum Gasteiger partial charge on any atom is -0.484 e. The molecular weight excluding hydrogens is 678 g/mol. The number of nitrogens with one attached hydrogen (secondary N) is 2. The standard InChI is InChI=1S/C38H38F2N4O8/c1-38(2,3)52-36(49)22-44(33(45)21-41-37(50)42-28-10-7-9-24(15-28)16-35(47)48)29-11-8-12-30(20-29)51-23-34(46)43(4)32-14-6-5-13-31(32)25-17-26(39)19-27(40)18-25/h5-15,17-20H,16,21-23H2,1-4H3,(H,47,48)(H2,41,42,50). The van der Waals surface area contributed by atoms with E-state index in [1.165, 1.54) is 30.1 Å². The Labute approximate surface area is 298 Å². The highest BCUT2D eigenvalue weighted by molar-refractivity contribution is 6.01. The Morgan fingerprint density at radius 3 is 2.21 bits per heavy atom. The second-order valence-electron chi connectivity index (χ2n) is 12.6. The highest BCUT2D eigenvalue weighted by Crippen LogP contribution is 2.31. The molecule has 3 N–H and O–H groups in total. The molecule has 4 amide bonds. The van der Waals surface area contributed by atoms with Crippen LogP contribution in [0.1, 0.15) is 26.3 Å². The van der Waals surface area contributed by atoms with Crippen LogP contribution in [0.15, 0.2) is 91.0 Å². The Hall–Kier alpha value is -6.31. The maximum absolute atomic E-state index is 14.0. The van der Waals surface area contributed by atoms with Gasteiger partial charge in [-0.25, -0.2) is 13.6 Å². The molecule has 0 saturated heterocycles. The van der Waals surface area contributed by atoms with E-state index in [9.17, 15) is 32.8 Å². The molecule has 0 fully saturated rings. The van der Waals surface area contributed by atoms with Crippen molar-refractivity contribution in [2.75, 3.05) is 41.9 Å². The van der Waals surface area contributed by atoms with Gasteiger partial charge in [-0.2, -0.15) is 0 Å². The summed E-state index contributed by atoms with van der Waals surface area (Å²) in [6, 6.07) is 21.2. The Kier molecular flexibility index (Phi) is 12.6. The lowest BCUT2D eigenvalue weighted by atomic mass is 10.0. The molecule has 0 bridgehead atoms. The van der Waals surface area contributed by atoms with Crippen LogP contribution in [0.25, 0.3) is 11.1 Å². The van der Waals surface area contributed by atoms with Gasteiger partial charge in [-0.3, -0.25) is 24.1 Å². The minimum atomic E-state index is -1.03. The lowest BCUT2D eigenvalue weighted by Gasteiger charge is -2.26. The van der Waals surface area contributed by atoms with Crippen molar-refractivity contribution in [1.29, 1.82) is 0 Å². The van der Waals surface area contributed by atoms with Crippen LogP contribution in [0, 0.1) is 11.6 Å². The van der Waals surface area contributed by atoms with Crippen molar-refractivity contribution in [3.05, 3.63) is 108 Å². The number of anilines is 3. The van der Waals surface area contributed by atoms with Crippen LogP contribution < -0.4 is 25.2 Å². The molecule has 0 radical (unpaired) electrons. The van der Waals surface area contributed by atoms with E-state index in [-0.39, 0.29) is 23.4 Å². The molecule has 4 rings (SSSR count). The lowest BCUT2D eigenvalue weighted by Crippen LogP contribution is -2.45. The van der Waals surface area contributed by atoms with E-state index in [0.717, 1.165) is 23.1 Å². The van der Waals surface area contributed by atoms with Crippen molar-refractivity contribution in [2.24, 2.45) is 0 Å². The molecule has 0 heterocycles. The van der Waals surface area contributed by atoms with E-state index in [0.29, 0.717) is 22.5 Å². The van der Waals surface area contributed by atoms with E-state index < -0.39 is 66.7 Å². The Balaban J connectivity index is 1.46. The third-order valence-corrected chi connectivity index (χ3v) is 7.25. The van der Waals surface area contributed by atoms with Gasteiger partial charge in [-0.15, -0.1) is 0 Å². The summed E-state index contributed by atoms with van der Waals surface area (Å²) in [4.78, 5) is 65.6. The van der Waals surface area contributed by atoms with Crippen molar-refractivity contribution in [1.82, 2.24) is 5.32 Å². The molecule has 4 aromatic rings. The number of ether oxygens (including phenoxy) is 2. The number of amides is 4. The van der Waals surface area contributed by atoms with Crippen molar-refractivity contribution in [3.63, 3.8) is 0 Å². The first-order chi connectivity index (χ1) is 24.6. The first-order valence-corrected chi connectivity index (χ1v) is 16.0. The third kappa shape index (κ3) is 11.4. The van der Waals surface area contributed by atoms with Crippen molar-refractivity contribution in [3.8, 4) is 16.9 Å². The van der Waals surface area contributed by atoms with Crippen LogP contribution in [-0.4, -0.2) is 67.2 Å². The monoisotopic (exact) mass is 716 g/mol. The summed E-state index contributed by atoms with van der Waals surface area (Å²) in [5, 5.41) is 14.0. The average molecular weight is 717 g/mol. The Morgan fingerprint density at radius 2 is 1.52 bits per heavy atom. The Bertz CT molecular complexity index is 1940. The number of para-hydroxylation sites is 1. The normalized spacial score (nSPS) is 10.9. The number of carbonyl (C=O) groups is 5. The van der Waals surface area contributed by atoms with Crippen LogP contribution in [0.5, 0.6) is 5.75 Å². The number of aliphatic carboxylic acids is 1. The van der Waals surface area contributed by atoms with Crippen LogP contribution in [0.3, 0.4) is 0 Å². The molecule has 4 aromatic carbocycles. The number of hydrogen-bond acceptors (Lipinski definition) is 7. The van der Waals surface area contributed by atoms with E-state index >= 15 is 0 Å². The topological polar surface area (TPSA) is 155 Å². The molecule has 272 valence electrons. The fourth-order valence-electron chi connectivity index (χ4n) is 5.02. The molecule has 0 aliphatic rings. The first kappa shape index (κ1) is 38.5. The molecule has 12 nitrogen and oxygen atoms in total. The summed E-state index contributed by atoms with van der Waals surface area (Å²) in [6.07, 6.45) is -0.240. The quantitative estimate of drug-likeness (QED) is 0.147. The van der Waals surface area contributed by atoms with E-state index in [2.05, 4.69) is 10.6 Å². The summed E-state index contributed by atoms with van der Waals surface area (Å²) in [7, 11) is 1.49. The maximum Gasteiger partial charge on any atom is 0.326 e. The van der Waals surface area contributed by atoms with Gasteiger partial charge in [0.05, 0.1) is 18.7 Å². The number of urea groups is 1. The smallest absolute Gasteiger partial charge is 0.326 e. The molecule has 0 aliphatic heterocycles. The summed E-state index contributed by atoms with van der Waals surface area (Å²) >= 11 is 0. The zero-order valence-corrected chi connectivity index (χ0v) is 28.9. The van der Waals surface area contributed by atoms with Crippen LogP contribution in [0.4, 0.5) is 30.6 Å². The molecule has 0 aromatic heterocycles. The van der Waals surface area contributed by atoms with Crippen LogP contribution in [-0.2, 0) is 30.3 Å². The lowest BCUT2D eigenvalue weighted by molar-refractivity contribution is -0.153. The number of benzene rings is 4. The van der Waals surface area contributed by atoms with Gasteiger partial charge >= 0.3 is 18.0 Å². The number of carboxylic acids is 1.